The Hall–Kier alpha value is -0.170. The maximum atomic E-state index is 10.7. The molecule has 0 amide bonds. The molecular weight excluding hydrogens is 214 g/mol. The van der Waals surface area contributed by atoms with Gasteiger partial charge in [0.2, 0.25) is 10.0 Å². The second-order valence-corrected chi connectivity index (χ2v) is 6.08. The molecule has 2 unspecified atom stereocenters. The van der Waals surface area contributed by atoms with Crippen LogP contribution in [-0.4, -0.2) is 39.8 Å². The van der Waals surface area contributed by atoms with E-state index in [1.807, 2.05) is 0 Å². The molecule has 0 aromatic carbocycles. The van der Waals surface area contributed by atoms with E-state index in [0.29, 0.717) is 18.6 Å². The summed E-state index contributed by atoms with van der Waals surface area (Å²) in [5.74, 6) is 0. The van der Waals surface area contributed by atoms with Crippen LogP contribution in [0.15, 0.2) is 0 Å². The third-order valence-corrected chi connectivity index (χ3v) is 3.35. The van der Waals surface area contributed by atoms with Crippen LogP contribution in [0, 0.1) is 0 Å². The molecule has 6 heteroatoms. The van der Waals surface area contributed by atoms with E-state index in [1.165, 1.54) is 6.26 Å². The van der Waals surface area contributed by atoms with Gasteiger partial charge >= 0.3 is 0 Å². The van der Waals surface area contributed by atoms with Gasteiger partial charge in [0, 0.05) is 18.6 Å². The predicted molar refractivity (Wildman–Crippen MR) is 61.1 cm³/mol. The standard InChI is InChI=1S/C9H21N3O2S/c1-15(13,14)12-6-2-5-11-9-4-3-8(10)7-9/h8-9,11-12H,2-7,10H2,1H3. The van der Waals surface area contributed by atoms with Crippen molar-refractivity contribution in [3.05, 3.63) is 0 Å². The molecular formula is C9H21N3O2S. The van der Waals surface area contributed by atoms with Crippen molar-refractivity contribution in [2.75, 3.05) is 19.3 Å². The first-order valence-electron chi connectivity index (χ1n) is 5.41. The first-order chi connectivity index (χ1) is 6.97. The molecule has 1 fully saturated rings. The predicted octanol–water partition coefficient (Wildman–Crippen LogP) is -0.605. The summed E-state index contributed by atoms with van der Waals surface area (Å²) in [5, 5.41) is 3.38. The summed E-state index contributed by atoms with van der Waals surface area (Å²) >= 11 is 0. The molecule has 1 saturated carbocycles. The van der Waals surface area contributed by atoms with Crippen molar-refractivity contribution < 1.29 is 8.42 Å². The number of nitrogens with two attached hydrogens (primary N) is 1. The van der Waals surface area contributed by atoms with E-state index >= 15 is 0 Å². The van der Waals surface area contributed by atoms with Crippen LogP contribution in [0.5, 0.6) is 0 Å². The third kappa shape index (κ3) is 6.09. The van der Waals surface area contributed by atoms with Crippen molar-refractivity contribution in [3.63, 3.8) is 0 Å². The first kappa shape index (κ1) is 12.9. The largest absolute Gasteiger partial charge is 0.328 e. The van der Waals surface area contributed by atoms with Crippen LogP contribution in [0.2, 0.25) is 0 Å². The number of sulfonamides is 1. The maximum Gasteiger partial charge on any atom is 0.208 e. The number of hydrogen-bond donors (Lipinski definition) is 3. The van der Waals surface area contributed by atoms with Crippen molar-refractivity contribution in [2.45, 2.75) is 37.8 Å². The molecule has 0 aromatic rings. The minimum Gasteiger partial charge on any atom is -0.328 e. The minimum absolute atomic E-state index is 0.344. The van der Waals surface area contributed by atoms with Crippen molar-refractivity contribution in [3.8, 4) is 0 Å². The molecule has 1 aliphatic carbocycles. The highest BCUT2D eigenvalue weighted by Crippen LogP contribution is 2.16. The highest BCUT2D eigenvalue weighted by Gasteiger charge is 2.20. The lowest BCUT2D eigenvalue weighted by molar-refractivity contribution is 0.506. The van der Waals surface area contributed by atoms with Gasteiger partial charge in [-0.2, -0.15) is 0 Å². The Bertz CT molecular complexity index is 279. The quantitative estimate of drug-likeness (QED) is 0.537. The van der Waals surface area contributed by atoms with Crippen LogP contribution in [0.4, 0.5) is 0 Å². The Balaban J connectivity index is 1.98. The Morgan fingerprint density at radius 2 is 2.07 bits per heavy atom. The zero-order valence-corrected chi connectivity index (χ0v) is 10.0. The van der Waals surface area contributed by atoms with Gasteiger partial charge in [-0.3, -0.25) is 0 Å². The monoisotopic (exact) mass is 235 g/mol. The molecule has 0 saturated heterocycles. The van der Waals surface area contributed by atoms with E-state index in [4.69, 9.17) is 5.73 Å². The van der Waals surface area contributed by atoms with Gasteiger partial charge in [-0.1, -0.05) is 0 Å². The van der Waals surface area contributed by atoms with Gasteiger partial charge in [0.05, 0.1) is 6.26 Å². The minimum atomic E-state index is -3.03. The summed E-state index contributed by atoms with van der Waals surface area (Å²) in [7, 11) is -3.03. The molecule has 0 bridgehead atoms. The number of hydrogen-bond acceptors (Lipinski definition) is 4. The number of nitrogens with one attached hydrogen (secondary N) is 2. The van der Waals surface area contributed by atoms with Crippen LogP contribution in [-0.2, 0) is 10.0 Å². The van der Waals surface area contributed by atoms with Crippen LogP contribution >= 0.6 is 0 Å². The normalized spacial score (nSPS) is 27.1. The molecule has 4 N–H and O–H groups in total. The van der Waals surface area contributed by atoms with Crippen LogP contribution in [0.1, 0.15) is 25.7 Å². The summed E-state index contributed by atoms with van der Waals surface area (Å²) < 4.78 is 24.0. The lowest BCUT2D eigenvalue weighted by atomic mass is 10.2. The summed E-state index contributed by atoms with van der Waals surface area (Å²) in [6.45, 7) is 1.35. The third-order valence-electron chi connectivity index (χ3n) is 2.62. The SMILES string of the molecule is CS(=O)(=O)NCCCNC1CCC(N)C1. The topological polar surface area (TPSA) is 84.2 Å². The Morgan fingerprint density at radius 1 is 1.33 bits per heavy atom. The molecule has 0 aliphatic heterocycles. The van der Waals surface area contributed by atoms with E-state index in [9.17, 15) is 8.42 Å². The molecule has 0 radical (unpaired) electrons. The first-order valence-corrected chi connectivity index (χ1v) is 7.30. The van der Waals surface area contributed by atoms with E-state index < -0.39 is 10.0 Å². The van der Waals surface area contributed by atoms with Gasteiger partial charge in [-0.25, -0.2) is 13.1 Å². The molecule has 15 heavy (non-hydrogen) atoms. The summed E-state index contributed by atoms with van der Waals surface area (Å²) in [6.07, 6.45) is 5.27. The van der Waals surface area contributed by atoms with Crippen LogP contribution in [0.3, 0.4) is 0 Å². The molecule has 0 aromatic heterocycles. The van der Waals surface area contributed by atoms with E-state index in [2.05, 4.69) is 10.0 Å². The smallest absolute Gasteiger partial charge is 0.208 e. The fourth-order valence-corrected chi connectivity index (χ4v) is 2.37. The van der Waals surface area contributed by atoms with Crippen molar-refractivity contribution in [1.82, 2.24) is 10.0 Å². The van der Waals surface area contributed by atoms with Crippen molar-refractivity contribution in [1.29, 1.82) is 0 Å². The van der Waals surface area contributed by atoms with Gasteiger partial charge in [-0.05, 0) is 32.2 Å². The molecule has 1 rings (SSSR count). The number of rotatable bonds is 6. The Kier molecular flexibility index (Phi) is 4.98. The fourth-order valence-electron chi connectivity index (χ4n) is 1.85. The summed E-state index contributed by atoms with van der Waals surface area (Å²) in [6, 6.07) is 0.870. The maximum absolute atomic E-state index is 10.7. The second-order valence-electron chi connectivity index (χ2n) is 4.24. The van der Waals surface area contributed by atoms with Crippen molar-refractivity contribution >= 4 is 10.0 Å². The van der Waals surface area contributed by atoms with Gasteiger partial charge in [0.15, 0.2) is 0 Å². The van der Waals surface area contributed by atoms with Gasteiger partial charge in [-0.15, -0.1) is 0 Å². The molecule has 2 atom stereocenters. The van der Waals surface area contributed by atoms with E-state index in [-0.39, 0.29) is 0 Å². The molecule has 0 spiro atoms. The lowest BCUT2D eigenvalue weighted by Gasteiger charge is -2.11. The zero-order valence-electron chi connectivity index (χ0n) is 9.20. The van der Waals surface area contributed by atoms with Crippen molar-refractivity contribution in [2.24, 2.45) is 5.73 Å². The molecule has 0 heterocycles. The zero-order chi connectivity index (χ0) is 11.3. The summed E-state index contributed by atoms with van der Waals surface area (Å²) in [4.78, 5) is 0. The highest BCUT2D eigenvalue weighted by molar-refractivity contribution is 7.88. The average Bonchev–Trinajstić information content (AvgIpc) is 2.49. The molecule has 5 nitrogen and oxygen atoms in total. The van der Waals surface area contributed by atoms with Gasteiger partial charge in [0.25, 0.3) is 0 Å². The van der Waals surface area contributed by atoms with Gasteiger partial charge in [0.1, 0.15) is 0 Å². The Labute approximate surface area is 91.9 Å². The van der Waals surface area contributed by atoms with Crippen LogP contribution in [0.25, 0.3) is 0 Å². The van der Waals surface area contributed by atoms with E-state index in [1.54, 1.807) is 0 Å². The lowest BCUT2D eigenvalue weighted by Crippen LogP contribution is -2.31. The summed E-state index contributed by atoms with van der Waals surface area (Å²) in [5.41, 5.74) is 5.78. The fraction of sp³-hybridized carbons (Fsp3) is 1.00. The van der Waals surface area contributed by atoms with Crippen LogP contribution < -0.4 is 15.8 Å². The highest BCUT2D eigenvalue weighted by atomic mass is 32.2. The second kappa shape index (κ2) is 5.79. The van der Waals surface area contributed by atoms with Gasteiger partial charge < -0.3 is 11.1 Å². The van der Waals surface area contributed by atoms with E-state index in [0.717, 1.165) is 32.2 Å². The average molecular weight is 235 g/mol. The molecule has 1 aliphatic rings. The molecule has 90 valence electrons. The Morgan fingerprint density at radius 3 is 2.60 bits per heavy atom.